The van der Waals surface area contributed by atoms with Crippen LogP contribution in [0, 0.1) is 11.3 Å². The normalized spacial score (nSPS) is 12.8. The number of nitrogens with zero attached hydrogens (tertiary/aromatic N) is 1. The molecule has 0 saturated carbocycles. The van der Waals surface area contributed by atoms with Crippen molar-refractivity contribution in [3.8, 4) is 6.07 Å². The molecule has 0 radical (unpaired) electrons. The minimum atomic E-state index is -0.386. The van der Waals surface area contributed by atoms with E-state index in [4.69, 9.17) is 10.00 Å². The summed E-state index contributed by atoms with van der Waals surface area (Å²) in [5, 5.41) is 12.4. The maximum atomic E-state index is 12.6. The Hall–Kier alpha value is -2.65. The maximum absolute atomic E-state index is 12.6. The third-order valence-corrected chi connectivity index (χ3v) is 5.34. The summed E-state index contributed by atoms with van der Waals surface area (Å²) in [4.78, 5) is 26.1. The minimum Gasteiger partial charge on any atom is -0.462 e. The molecule has 25 heavy (non-hydrogen) atoms. The monoisotopic (exact) mass is 354 g/mol. The summed E-state index contributed by atoms with van der Waals surface area (Å²) in [6, 6.07) is 8.51. The molecule has 0 atom stereocenters. The number of thiophene rings is 1. The lowest BCUT2D eigenvalue weighted by atomic mass is 9.95. The summed E-state index contributed by atoms with van der Waals surface area (Å²) in [6.45, 7) is 2.06. The average Bonchev–Trinajstić information content (AvgIpc) is 2.99. The molecule has 1 aliphatic rings. The Bertz CT molecular complexity index is 864. The Morgan fingerprint density at radius 2 is 2.12 bits per heavy atom. The number of anilines is 1. The van der Waals surface area contributed by atoms with E-state index in [0.29, 0.717) is 28.3 Å². The van der Waals surface area contributed by atoms with Gasteiger partial charge in [0.25, 0.3) is 5.91 Å². The first-order valence-corrected chi connectivity index (χ1v) is 9.08. The van der Waals surface area contributed by atoms with E-state index in [1.54, 1.807) is 25.1 Å². The predicted octanol–water partition coefficient (Wildman–Crippen LogP) is 3.93. The van der Waals surface area contributed by atoms with Crippen LogP contribution in [0.5, 0.6) is 0 Å². The highest BCUT2D eigenvalue weighted by Crippen LogP contribution is 2.38. The number of hydrogen-bond donors (Lipinski definition) is 1. The van der Waals surface area contributed by atoms with Crippen LogP contribution in [-0.2, 0) is 17.6 Å². The lowest BCUT2D eigenvalue weighted by Crippen LogP contribution is -2.15. The van der Waals surface area contributed by atoms with Crippen molar-refractivity contribution >= 4 is 28.2 Å². The molecule has 128 valence electrons. The third-order valence-electron chi connectivity index (χ3n) is 4.13. The fraction of sp³-hybridized carbons (Fsp3) is 0.316. The zero-order valence-electron chi connectivity index (χ0n) is 13.9. The van der Waals surface area contributed by atoms with Crippen LogP contribution < -0.4 is 5.32 Å². The molecule has 1 heterocycles. The van der Waals surface area contributed by atoms with Gasteiger partial charge in [-0.1, -0.05) is 6.07 Å². The van der Waals surface area contributed by atoms with E-state index in [0.717, 1.165) is 36.1 Å². The minimum absolute atomic E-state index is 0.293. The Morgan fingerprint density at radius 1 is 1.32 bits per heavy atom. The van der Waals surface area contributed by atoms with Crippen LogP contribution in [0.4, 0.5) is 5.00 Å². The van der Waals surface area contributed by atoms with Crippen molar-refractivity contribution in [3.05, 3.63) is 51.4 Å². The number of esters is 1. The van der Waals surface area contributed by atoms with Crippen molar-refractivity contribution in [2.75, 3.05) is 11.9 Å². The number of carbonyl (C=O) groups is 2. The Kier molecular flexibility index (Phi) is 5.15. The number of benzene rings is 1. The molecule has 0 saturated heterocycles. The summed E-state index contributed by atoms with van der Waals surface area (Å²) in [6.07, 6.45) is 3.88. The molecular weight excluding hydrogens is 336 g/mol. The molecular formula is C19H18N2O3S. The largest absolute Gasteiger partial charge is 0.462 e. The van der Waals surface area contributed by atoms with Gasteiger partial charge in [0.1, 0.15) is 5.00 Å². The summed E-state index contributed by atoms with van der Waals surface area (Å²) < 4.78 is 5.19. The molecule has 0 fully saturated rings. The standard InChI is InChI=1S/C19H18N2O3S/c1-2-24-19(23)16-14-8-3-4-9-15(14)25-18(16)21-17(22)13-7-5-6-12(10-13)11-20/h5-7,10H,2-4,8-9H2,1H3,(H,21,22). The molecule has 0 bridgehead atoms. The molecule has 6 heteroatoms. The van der Waals surface area contributed by atoms with E-state index < -0.39 is 0 Å². The van der Waals surface area contributed by atoms with Gasteiger partial charge >= 0.3 is 5.97 Å². The van der Waals surface area contributed by atoms with E-state index in [2.05, 4.69) is 5.32 Å². The van der Waals surface area contributed by atoms with Gasteiger partial charge in [0, 0.05) is 10.4 Å². The Morgan fingerprint density at radius 3 is 2.88 bits per heavy atom. The number of amides is 1. The number of rotatable bonds is 4. The molecule has 3 rings (SSSR count). The SMILES string of the molecule is CCOC(=O)c1c(NC(=O)c2cccc(C#N)c2)sc2c1CCCC2. The smallest absolute Gasteiger partial charge is 0.341 e. The molecule has 0 unspecified atom stereocenters. The number of fused-ring (bicyclic) bond motifs is 1. The van der Waals surface area contributed by atoms with Gasteiger partial charge in [0.15, 0.2) is 0 Å². The fourth-order valence-corrected chi connectivity index (χ4v) is 4.25. The van der Waals surface area contributed by atoms with Gasteiger partial charge in [0.2, 0.25) is 0 Å². The van der Waals surface area contributed by atoms with Gasteiger partial charge in [-0.3, -0.25) is 4.79 Å². The van der Waals surface area contributed by atoms with E-state index >= 15 is 0 Å². The number of nitriles is 1. The zero-order valence-corrected chi connectivity index (χ0v) is 14.7. The molecule has 1 aromatic carbocycles. The average molecular weight is 354 g/mol. The first-order chi connectivity index (χ1) is 12.1. The molecule has 1 amide bonds. The first kappa shape index (κ1) is 17.2. The second kappa shape index (κ2) is 7.49. The first-order valence-electron chi connectivity index (χ1n) is 8.27. The van der Waals surface area contributed by atoms with Crippen molar-refractivity contribution in [2.24, 2.45) is 0 Å². The van der Waals surface area contributed by atoms with Gasteiger partial charge in [0.05, 0.1) is 23.8 Å². The number of ether oxygens (including phenoxy) is 1. The van der Waals surface area contributed by atoms with Gasteiger partial charge in [-0.2, -0.15) is 5.26 Å². The second-order valence-electron chi connectivity index (χ2n) is 5.78. The Labute approximate surface area is 150 Å². The number of aryl methyl sites for hydroxylation is 1. The van der Waals surface area contributed by atoms with E-state index in [-0.39, 0.29) is 11.9 Å². The molecule has 0 spiro atoms. The maximum Gasteiger partial charge on any atom is 0.341 e. The van der Waals surface area contributed by atoms with Crippen LogP contribution in [0.15, 0.2) is 24.3 Å². The highest BCUT2D eigenvalue weighted by molar-refractivity contribution is 7.17. The molecule has 2 aromatic rings. The van der Waals surface area contributed by atoms with Gasteiger partial charge in [-0.05, 0) is 56.4 Å². The third kappa shape index (κ3) is 3.57. The van der Waals surface area contributed by atoms with Crippen molar-refractivity contribution in [1.82, 2.24) is 0 Å². The summed E-state index contributed by atoms with van der Waals surface area (Å²) in [5.41, 5.74) is 2.31. The molecule has 1 aliphatic carbocycles. The second-order valence-corrected chi connectivity index (χ2v) is 6.89. The highest BCUT2D eigenvalue weighted by atomic mass is 32.1. The van der Waals surface area contributed by atoms with Crippen molar-refractivity contribution in [2.45, 2.75) is 32.6 Å². The van der Waals surface area contributed by atoms with Crippen LogP contribution in [-0.4, -0.2) is 18.5 Å². The number of carbonyl (C=O) groups excluding carboxylic acids is 2. The summed E-state index contributed by atoms with van der Waals surface area (Å²) in [7, 11) is 0. The van der Waals surface area contributed by atoms with Crippen molar-refractivity contribution in [1.29, 1.82) is 5.26 Å². The van der Waals surface area contributed by atoms with Crippen LogP contribution in [0.2, 0.25) is 0 Å². The molecule has 1 N–H and O–H groups in total. The molecule has 0 aliphatic heterocycles. The van der Waals surface area contributed by atoms with Gasteiger partial charge in [-0.25, -0.2) is 4.79 Å². The quantitative estimate of drug-likeness (QED) is 0.844. The van der Waals surface area contributed by atoms with Gasteiger partial charge < -0.3 is 10.1 Å². The van der Waals surface area contributed by atoms with E-state index in [1.807, 2.05) is 6.07 Å². The summed E-state index contributed by atoms with van der Waals surface area (Å²) >= 11 is 1.45. The number of nitrogens with one attached hydrogen (secondary N) is 1. The van der Waals surface area contributed by atoms with E-state index in [9.17, 15) is 9.59 Å². The van der Waals surface area contributed by atoms with Crippen molar-refractivity contribution < 1.29 is 14.3 Å². The topological polar surface area (TPSA) is 79.2 Å². The van der Waals surface area contributed by atoms with Crippen LogP contribution in [0.1, 0.15) is 56.5 Å². The van der Waals surface area contributed by atoms with Crippen LogP contribution >= 0.6 is 11.3 Å². The van der Waals surface area contributed by atoms with Crippen LogP contribution in [0.25, 0.3) is 0 Å². The lowest BCUT2D eigenvalue weighted by molar-refractivity contribution is 0.0526. The summed E-state index contributed by atoms with van der Waals surface area (Å²) in [5.74, 6) is -0.718. The highest BCUT2D eigenvalue weighted by Gasteiger charge is 2.27. The van der Waals surface area contributed by atoms with Crippen LogP contribution in [0.3, 0.4) is 0 Å². The Balaban J connectivity index is 1.93. The predicted molar refractivity (Wildman–Crippen MR) is 96.0 cm³/mol. The van der Waals surface area contributed by atoms with E-state index in [1.165, 1.54) is 17.4 Å². The molecule has 1 aromatic heterocycles. The fourth-order valence-electron chi connectivity index (χ4n) is 2.98. The van der Waals surface area contributed by atoms with Crippen molar-refractivity contribution in [3.63, 3.8) is 0 Å². The lowest BCUT2D eigenvalue weighted by Gasteiger charge is -2.12. The zero-order chi connectivity index (χ0) is 17.8. The van der Waals surface area contributed by atoms with Gasteiger partial charge in [-0.15, -0.1) is 11.3 Å². The molecule has 5 nitrogen and oxygen atoms in total. The number of hydrogen-bond acceptors (Lipinski definition) is 5.